The van der Waals surface area contributed by atoms with Crippen LogP contribution in [-0.4, -0.2) is 15.5 Å². The molecule has 0 saturated heterocycles. The van der Waals surface area contributed by atoms with Gasteiger partial charge < -0.3 is 9.80 Å². The Hall–Kier alpha value is -4.84. The molecular formula is C60H68BN2SSi. The number of nitrogens with zero attached hydrogens (tertiary/aromatic N) is 2. The molecule has 7 aromatic rings. The van der Waals surface area contributed by atoms with E-state index < -0.39 is 8.80 Å². The molecule has 0 N–H and O–H groups in total. The van der Waals surface area contributed by atoms with E-state index in [9.17, 15) is 0 Å². The summed E-state index contributed by atoms with van der Waals surface area (Å²) in [6, 6.07) is 50.2. The topological polar surface area (TPSA) is 6.48 Å². The molecule has 0 bridgehead atoms. The second kappa shape index (κ2) is 15.4. The van der Waals surface area contributed by atoms with E-state index in [-0.39, 0.29) is 33.8 Å². The predicted octanol–water partition coefficient (Wildman–Crippen LogP) is 14.6. The summed E-state index contributed by atoms with van der Waals surface area (Å²) in [6.45, 7) is 31.5. The minimum Gasteiger partial charge on any atom is -0.311 e. The highest BCUT2D eigenvalue weighted by atomic mass is 32.1. The lowest BCUT2D eigenvalue weighted by Crippen LogP contribution is -2.57. The highest BCUT2D eigenvalue weighted by molar-refractivity contribution is 7.32. The zero-order chi connectivity index (χ0) is 46.0. The van der Waals surface area contributed by atoms with Crippen molar-refractivity contribution >= 4 is 91.9 Å². The molecule has 10 rings (SSSR count). The smallest absolute Gasteiger partial charge is 0.259 e. The molecule has 6 aromatic carbocycles. The van der Waals surface area contributed by atoms with Gasteiger partial charge in [-0.05, 0) is 174 Å². The first-order valence-electron chi connectivity index (χ1n) is 24.2. The molecule has 5 heteroatoms. The molecule has 65 heavy (non-hydrogen) atoms. The van der Waals surface area contributed by atoms with Crippen molar-refractivity contribution in [1.82, 2.24) is 0 Å². The maximum Gasteiger partial charge on any atom is 0.259 e. The molecule has 0 saturated carbocycles. The minimum absolute atomic E-state index is 0.0527. The fourth-order valence-electron chi connectivity index (χ4n) is 11.4. The second-order valence-corrected chi connectivity index (χ2v) is 27.3. The van der Waals surface area contributed by atoms with Crippen molar-refractivity contribution < 1.29 is 0 Å². The molecule has 2 heterocycles. The van der Waals surface area contributed by atoms with Gasteiger partial charge in [-0.2, -0.15) is 0 Å². The SMILES string of the molecule is C[Si](C)c1ccc(N(c2ccccc2)c2ccc3c(c2)N(c2ccc(C(C)(C)C)cc2)c2cc4c(cc2B3c2cc3cc5c(cc3s2)C(C)(C)CCC5(C)C)C(C)(C)CCC4(C)C)cc1. The largest absolute Gasteiger partial charge is 0.311 e. The highest BCUT2D eigenvalue weighted by Crippen LogP contribution is 2.51. The lowest BCUT2D eigenvalue weighted by molar-refractivity contribution is 0.332. The van der Waals surface area contributed by atoms with Crippen LogP contribution >= 0.6 is 11.3 Å². The summed E-state index contributed by atoms with van der Waals surface area (Å²) < 4.78 is 2.84. The third-order valence-electron chi connectivity index (χ3n) is 15.9. The lowest BCUT2D eigenvalue weighted by Gasteiger charge is -2.45. The van der Waals surface area contributed by atoms with E-state index in [1.54, 1.807) is 0 Å². The third kappa shape index (κ3) is 7.54. The van der Waals surface area contributed by atoms with Crippen molar-refractivity contribution in [1.29, 1.82) is 0 Å². The summed E-state index contributed by atoms with van der Waals surface area (Å²) in [5.41, 5.74) is 18.0. The van der Waals surface area contributed by atoms with Crippen LogP contribution in [0, 0.1) is 0 Å². The Morgan fingerprint density at radius 2 is 1.06 bits per heavy atom. The summed E-state index contributed by atoms with van der Waals surface area (Å²) >= 11 is 2.02. The maximum atomic E-state index is 2.67. The molecule has 0 spiro atoms. The average molecular weight is 888 g/mol. The van der Waals surface area contributed by atoms with Crippen molar-refractivity contribution in [2.24, 2.45) is 0 Å². The van der Waals surface area contributed by atoms with E-state index in [0.29, 0.717) is 0 Å². The van der Waals surface area contributed by atoms with Gasteiger partial charge in [0.2, 0.25) is 0 Å². The molecule has 1 aliphatic heterocycles. The van der Waals surface area contributed by atoms with Crippen molar-refractivity contribution in [3.8, 4) is 0 Å². The van der Waals surface area contributed by atoms with Crippen LogP contribution in [0.25, 0.3) is 10.1 Å². The first kappa shape index (κ1) is 44.0. The maximum absolute atomic E-state index is 2.67. The van der Waals surface area contributed by atoms with Gasteiger partial charge in [-0.25, -0.2) is 0 Å². The molecule has 0 atom stereocenters. The van der Waals surface area contributed by atoms with Gasteiger partial charge in [0.05, 0.1) is 8.80 Å². The van der Waals surface area contributed by atoms with Crippen LogP contribution in [0.3, 0.4) is 0 Å². The summed E-state index contributed by atoms with van der Waals surface area (Å²) in [5.74, 6) is 0. The summed E-state index contributed by atoms with van der Waals surface area (Å²) in [7, 11) is -0.577. The van der Waals surface area contributed by atoms with Crippen molar-refractivity contribution in [2.45, 2.75) is 142 Å². The van der Waals surface area contributed by atoms with Gasteiger partial charge in [0.1, 0.15) is 0 Å². The number of hydrogen-bond acceptors (Lipinski definition) is 3. The van der Waals surface area contributed by atoms with Crippen LogP contribution in [0.1, 0.15) is 130 Å². The normalized spacial score (nSPS) is 17.9. The van der Waals surface area contributed by atoms with Crippen LogP contribution in [0.4, 0.5) is 34.1 Å². The van der Waals surface area contributed by atoms with Gasteiger partial charge in [-0.1, -0.05) is 149 Å². The molecule has 2 aliphatic carbocycles. The van der Waals surface area contributed by atoms with Crippen LogP contribution in [0.2, 0.25) is 13.1 Å². The first-order valence-corrected chi connectivity index (χ1v) is 27.5. The molecule has 0 fully saturated rings. The van der Waals surface area contributed by atoms with Crippen LogP contribution < -0.4 is 30.7 Å². The zero-order valence-corrected chi connectivity index (χ0v) is 43.1. The highest BCUT2D eigenvalue weighted by Gasteiger charge is 2.44. The van der Waals surface area contributed by atoms with Crippen LogP contribution in [-0.2, 0) is 27.1 Å². The standard InChI is InChI=1S/C60H68BN2SSi/c1-56(2,3)40-19-21-43(22-20-40)63-52-35-44(62(41-17-15-14-16-18-41)42-23-26-45(27-24-42)65(12)13)25-28-50(52)61(51-36-47-48(37-53(51)63)59(8,9)31-30-58(47,6)7)55-34-39-33-46-49(38-54(39)64-55)60(10,11)32-29-57(46,4)5/h14-28,33-38H,29-32H2,1-13H3. The fourth-order valence-corrected chi connectivity index (χ4v) is 13.4. The Balaban J connectivity index is 1.26. The summed E-state index contributed by atoms with van der Waals surface area (Å²) in [6.07, 6.45) is 4.79. The molecular weight excluding hydrogens is 820 g/mol. The number of thiophene rings is 1. The van der Waals surface area contributed by atoms with E-state index in [2.05, 4.69) is 226 Å². The zero-order valence-electron chi connectivity index (χ0n) is 41.3. The Morgan fingerprint density at radius 1 is 0.538 bits per heavy atom. The van der Waals surface area contributed by atoms with Crippen LogP contribution in [0.15, 0.2) is 127 Å². The Morgan fingerprint density at radius 3 is 1.65 bits per heavy atom. The molecule has 1 aromatic heterocycles. The molecule has 1 radical (unpaired) electrons. The first-order chi connectivity index (χ1) is 30.6. The average Bonchev–Trinajstić information content (AvgIpc) is 3.68. The number of fused-ring (bicyclic) bond motifs is 5. The van der Waals surface area contributed by atoms with E-state index in [4.69, 9.17) is 0 Å². The minimum atomic E-state index is -0.577. The molecule has 0 unspecified atom stereocenters. The van der Waals surface area contributed by atoms with Crippen molar-refractivity contribution in [3.63, 3.8) is 0 Å². The van der Waals surface area contributed by atoms with Gasteiger partial charge in [-0.15, -0.1) is 11.3 Å². The fraction of sp³-hybridized carbons (Fsp3) is 0.367. The van der Waals surface area contributed by atoms with Gasteiger partial charge >= 0.3 is 0 Å². The molecule has 0 amide bonds. The van der Waals surface area contributed by atoms with Gasteiger partial charge in [0.25, 0.3) is 6.71 Å². The van der Waals surface area contributed by atoms with E-state index in [1.807, 2.05) is 11.3 Å². The van der Waals surface area contributed by atoms with Gasteiger partial charge in [0.15, 0.2) is 0 Å². The number of benzene rings is 6. The number of rotatable bonds is 6. The van der Waals surface area contributed by atoms with E-state index in [1.165, 1.54) is 107 Å². The van der Waals surface area contributed by atoms with Gasteiger partial charge in [0, 0.05) is 38.8 Å². The lowest BCUT2D eigenvalue weighted by atomic mass is 9.37. The van der Waals surface area contributed by atoms with E-state index in [0.717, 1.165) is 11.4 Å². The third-order valence-corrected chi connectivity index (χ3v) is 18.5. The Kier molecular flexibility index (Phi) is 10.4. The number of para-hydroxylation sites is 1. The van der Waals surface area contributed by atoms with Gasteiger partial charge in [-0.3, -0.25) is 0 Å². The second-order valence-electron chi connectivity index (χ2n) is 23.6. The van der Waals surface area contributed by atoms with Crippen molar-refractivity contribution in [2.75, 3.05) is 9.80 Å². The number of hydrogen-bond donors (Lipinski definition) is 0. The predicted molar refractivity (Wildman–Crippen MR) is 289 cm³/mol. The van der Waals surface area contributed by atoms with E-state index >= 15 is 0 Å². The Labute approximate surface area is 396 Å². The van der Waals surface area contributed by atoms with Crippen molar-refractivity contribution in [3.05, 3.63) is 155 Å². The molecule has 2 nitrogen and oxygen atoms in total. The quantitative estimate of drug-likeness (QED) is 0.154. The summed E-state index contributed by atoms with van der Waals surface area (Å²) in [5, 5.41) is 2.84. The molecule has 331 valence electrons. The molecule has 3 aliphatic rings. The monoisotopic (exact) mass is 887 g/mol. The van der Waals surface area contributed by atoms with Crippen LogP contribution in [0.5, 0.6) is 0 Å². The Bertz CT molecular complexity index is 2900. The summed E-state index contributed by atoms with van der Waals surface area (Å²) in [4.78, 5) is 5.08. The number of anilines is 6.